The molecule has 0 saturated carbocycles. The number of halogens is 3. The molecule has 1 aromatic carbocycles. The van der Waals surface area contributed by atoms with Crippen LogP contribution in [0.2, 0.25) is 0 Å². The third kappa shape index (κ3) is 3.85. The SMILES string of the molecule is COc1c(F)cc(NCC(C)C)cc1F.Cl. The molecule has 0 bridgehead atoms. The molecule has 0 radical (unpaired) electrons. The van der Waals surface area contributed by atoms with E-state index in [0.717, 1.165) is 0 Å². The molecule has 0 aliphatic rings. The van der Waals surface area contributed by atoms with Crippen LogP contribution < -0.4 is 10.1 Å². The Kier molecular flexibility index (Phi) is 6.11. The van der Waals surface area contributed by atoms with Crippen LogP contribution in [0.5, 0.6) is 5.75 Å². The zero-order valence-corrected chi connectivity index (χ0v) is 10.3. The average molecular weight is 252 g/mol. The fourth-order valence-electron chi connectivity index (χ4n) is 1.18. The minimum Gasteiger partial charge on any atom is -0.491 e. The number of rotatable bonds is 4. The summed E-state index contributed by atoms with van der Waals surface area (Å²) in [7, 11) is 1.24. The molecule has 0 aliphatic carbocycles. The van der Waals surface area contributed by atoms with Gasteiger partial charge in [-0.25, -0.2) is 8.78 Å². The molecular formula is C11H16ClF2NO. The normalized spacial score (nSPS) is 9.88. The number of hydrogen-bond donors (Lipinski definition) is 1. The first kappa shape index (κ1) is 15.0. The lowest BCUT2D eigenvalue weighted by molar-refractivity contribution is 0.360. The summed E-state index contributed by atoms with van der Waals surface area (Å²) in [6.45, 7) is 4.71. The van der Waals surface area contributed by atoms with Gasteiger partial charge in [0.2, 0.25) is 0 Å². The van der Waals surface area contributed by atoms with Crippen LogP contribution in [0, 0.1) is 17.6 Å². The highest BCUT2D eigenvalue weighted by Crippen LogP contribution is 2.25. The molecule has 1 aromatic rings. The van der Waals surface area contributed by atoms with Crippen LogP contribution in [0.15, 0.2) is 12.1 Å². The lowest BCUT2D eigenvalue weighted by atomic mass is 10.2. The third-order valence-corrected chi connectivity index (χ3v) is 1.92. The fourth-order valence-corrected chi connectivity index (χ4v) is 1.18. The predicted octanol–water partition coefficient (Wildman–Crippen LogP) is 3.46. The number of benzene rings is 1. The maximum absolute atomic E-state index is 13.2. The van der Waals surface area contributed by atoms with Gasteiger partial charge in [0.1, 0.15) is 0 Å². The molecule has 0 aliphatic heterocycles. The van der Waals surface area contributed by atoms with E-state index >= 15 is 0 Å². The van der Waals surface area contributed by atoms with Gasteiger partial charge < -0.3 is 10.1 Å². The van der Waals surface area contributed by atoms with Crippen LogP contribution in [-0.2, 0) is 0 Å². The zero-order valence-electron chi connectivity index (χ0n) is 9.51. The standard InChI is InChI=1S/C11H15F2NO.ClH/c1-7(2)6-14-8-4-9(12)11(15-3)10(13)5-8;/h4-5,7,14H,6H2,1-3H3;1H. The van der Waals surface area contributed by atoms with Crippen molar-refractivity contribution in [1.82, 2.24) is 0 Å². The van der Waals surface area contributed by atoms with Crippen molar-refractivity contribution in [3.8, 4) is 5.75 Å². The van der Waals surface area contributed by atoms with Gasteiger partial charge >= 0.3 is 0 Å². The number of ether oxygens (including phenoxy) is 1. The highest BCUT2D eigenvalue weighted by molar-refractivity contribution is 5.85. The smallest absolute Gasteiger partial charge is 0.190 e. The summed E-state index contributed by atoms with van der Waals surface area (Å²) < 4.78 is 31.0. The Bertz CT molecular complexity index is 322. The number of methoxy groups -OCH3 is 1. The summed E-state index contributed by atoms with van der Waals surface area (Å²) in [4.78, 5) is 0. The van der Waals surface area contributed by atoms with E-state index in [4.69, 9.17) is 0 Å². The second kappa shape index (κ2) is 6.53. The Balaban J connectivity index is 0.00000225. The molecule has 5 heteroatoms. The number of hydrogen-bond acceptors (Lipinski definition) is 2. The molecule has 0 atom stereocenters. The highest BCUT2D eigenvalue weighted by atomic mass is 35.5. The molecule has 0 spiro atoms. The highest BCUT2D eigenvalue weighted by Gasteiger charge is 2.11. The topological polar surface area (TPSA) is 21.3 Å². The van der Waals surface area contributed by atoms with Crippen LogP contribution in [0.1, 0.15) is 13.8 Å². The average Bonchev–Trinajstić information content (AvgIpc) is 2.14. The van der Waals surface area contributed by atoms with E-state index < -0.39 is 11.6 Å². The fraction of sp³-hybridized carbons (Fsp3) is 0.455. The first-order valence-electron chi connectivity index (χ1n) is 4.81. The van der Waals surface area contributed by atoms with Crippen LogP contribution in [0.4, 0.5) is 14.5 Å². The summed E-state index contributed by atoms with van der Waals surface area (Å²) in [6, 6.07) is 2.45. The molecule has 0 aromatic heterocycles. The molecule has 2 nitrogen and oxygen atoms in total. The predicted molar refractivity (Wildman–Crippen MR) is 63.5 cm³/mol. The second-order valence-corrected chi connectivity index (χ2v) is 3.75. The van der Waals surface area contributed by atoms with E-state index in [2.05, 4.69) is 10.1 Å². The van der Waals surface area contributed by atoms with Gasteiger partial charge in [-0.1, -0.05) is 13.8 Å². The van der Waals surface area contributed by atoms with Gasteiger partial charge in [0.15, 0.2) is 17.4 Å². The van der Waals surface area contributed by atoms with Crippen molar-refractivity contribution >= 4 is 18.1 Å². The van der Waals surface area contributed by atoms with Crippen molar-refractivity contribution in [3.63, 3.8) is 0 Å². The second-order valence-electron chi connectivity index (χ2n) is 3.75. The van der Waals surface area contributed by atoms with Gasteiger partial charge in [0.05, 0.1) is 7.11 Å². The van der Waals surface area contributed by atoms with Crippen molar-refractivity contribution in [2.24, 2.45) is 5.92 Å². The van der Waals surface area contributed by atoms with Crippen molar-refractivity contribution in [1.29, 1.82) is 0 Å². The Hall–Kier alpha value is -1.03. The van der Waals surface area contributed by atoms with Crippen molar-refractivity contribution in [2.75, 3.05) is 19.0 Å². The Labute approximate surface area is 100 Å². The lowest BCUT2D eigenvalue weighted by Crippen LogP contribution is -2.08. The Morgan fingerprint density at radius 3 is 2.12 bits per heavy atom. The number of anilines is 1. The quantitative estimate of drug-likeness (QED) is 0.885. The van der Waals surface area contributed by atoms with E-state index in [9.17, 15) is 8.78 Å². The summed E-state index contributed by atoms with van der Waals surface area (Å²) in [5.41, 5.74) is 0.430. The van der Waals surface area contributed by atoms with Crippen molar-refractivity contribution in [3.05, 3.63) is 23.8 Å². The molecule has 1 rings (SSSR count). The van der Waals surface area contributed by atoms with Crippen molar-refractivity contribution < 1.29 is 13.5 Å². The van der Waals surface area contributed by atoms with Crippen LogP contribution in [0.3, 0.4) is 0 Å². The van der Waals surface area contributed by atoms with Crippen LogP contribution in [-0.4, -0.2) is 13.7 Å². The maximum atomic E-state index is 13.2. The van der Waals surface area contributed by atoms with E-state index in [1.54, 1.807) is 0 Å². The molecule has 92 valence electrons. The van der Waals surface area contributed by atoms with Gasteiger partial charge in [-0.3, -0.25) is 0 Å². The first-order chi connectivity index (χ1) is 7.04. The molecule has 16 heavy (non-hydrogen) atoms. The van der Waals surface area contributed by atoms with Crippen LogP contribution in [0.25, 0.3) is 0 Å². The van der Waals surface area contributed by atoms with Gasteiger partial charge in [-0.15, -0.1) is 12.4 Å². The van der Waals surface area contributed by atoms with E-state index in [-0.39, 0.29) is 18.2 Å². The molecule has 0 fully saturated rings. The van der Waals surface area contributed by atoms with Gasteiger partial charge in [-0.2, -0.15) is 0 Å². The Morgan fingerprint density at radius 1 is 1.25 bits per heavy atom. The molecule has 0 heterocycles. The van der Waals surface area contributed by atoms with Crippen LogP contribution >= 0.6 is 12.4 Å². The summed E-state index contributed by atoms with van der Waals surface area (Å²) >= 11 is 0. The molecule has 0 unspecified atom stereocenters. The van der Waals surface area contributed by atoms with Gasteiger partial charge in [-0.05, 0) is 5.92 Å². The molecule has 0 amide bonds. The van der Waals surface area contributed by atoms with E-state index in [1.807, 2.05) is 13.8 Å². The van der Waals surface area contributed by atoms with Gasteiger partial charge in [0, 0.05) is 24.4 Å². The molecule has 1 N–H and O–H groups in total. The van der Waals surface area contributed by atoms with Gasteiger partial charge in [0.25, 0.3) is 0 Å². The van der Waals surface area contributed by atoms with E-state index in [1.165, 1.54) is 19.2 Å². The zero-order chi connectivity index (χ0) is 11.4. The minimum atomic E-state index is -0.691. The molecular weight excluding hydrogens is 236 g/mol. The van der Waals surface area contributed by atoms with E-state index in [0.29, 0.717) is 18.2 Å². The monoisotopic (exact) mass is 251 g/mol. The summed E-state index contributed by atoms with van der Waals surface area (Å²) in [5, 5.41) is 2.94. The summed E-state index contributed by atoms with van der Waals surface area (Å²) in [5.74, 6) is -1.31. The third-order valence-electron chi connectivity index (χ3n) is 1.92. The Morgan fingerprint density at radius 2 is 1.75 bits per heavy atom. The van der Waals surface area contributed by atoms with Crippen molar-refractivity contribution in [2.45, 2.75) is 13.8 Å². The largest absolute Gasteiger partial charge is 0.491 e. The lowest BCUT2D eigenvalue weighted by Gasteiger charge is -2.10. The summed E-state index contributed by atoms with van der Waals surface area (Å²) in [6.07, 6.45) is 0. The first-order valence-corrected chi connectivity index (χ1v) is 4.81. The minimum absolute atomic E-state index is 0. The molecule has 0 saturated heterocycles. The number of nitrogens with one attached hydrogen (secondary N) is 1. The maximum Gasteiger partial charge on any atom is 0.190 e.